The molecule has 0 unspecified atom stereocenters. The third-order valence-electron chi connectivity index (χ3n) is 3.48. The van der Waals surface area contributed by atoms with E-state index >= 15 is 0 Å². The van der Waals surface area contributed by atoms with Crippen molar-refractivity contribution < 1.29 is 5.11 Å². The number of aromatic amines is 1. The van der Waals surface area contributed by atoms with Gasteiger partial charge in [-0.1, -0.05) is 34.1 Å². The number of fused-ring (bicyclic) bond motifs is 3. The van der Waals surface area contributed by atoms with Crippen molar-refractivity contribution >= 4 is 50.2 Å². The van der Waals surface area contributed by atoms with E-state index in [-0.39, 0.29) is 11.7 Å². The number of rotatable bonds is 3. The summed E-state index contributed by atoms with van der Waals surface area (Å²) in [5.74, 6) is 0.397. The standard InChI is InChI=1S/C16H11BrN6O/c17-10-5-6-13(24)9(7-10)8-18-22-16-20-15-14(21-23-16)11-3-1-2-4-12(11)19-15/h1-8,24H,(H2,19,20,22,23)/b18-8-. The first-order chi connectivity index (χ1) is 11.7. The third kappa shape index (κ3) is 2.67. The monoisotopic (exact) mass is 382 g/mol. The topological polar surface area (TPSA) is 99.1 Å². The smallest absolute Gasteiger partial charge is 0.265 e. The van der Waals surface area contributed by atoms with Gasteiger partial charge in [0.25, 0.3) is 5.95 Å². The molecule has 0 spiro atoms. The fraction of sp³-hybridized carbons (Fsp3) is 0. The summed E-state index contributed by atoms with van der Waals surface area (Å²) in [4.78, 5) is 7.55. The number of halogens is 1. The van der Waals surface area contributed by atoms with E-state index in [1.54, 1.807) is 18.2 Å². The Morgan fingerprint density at radius 3 is 2.96 bits per heavy atom. The van der Waals surface area contributed by atoms with E-state index in [0.717, 1.165) is 15.4 Å². The van der Waals surface area contributed by atoms with Gasteiger partial charge in [0, 0.05) is 20.9 Å². The highest BCUT2D eigenvalue weighted by molar-refractivity contribution is 9.10. The lowest BCUT2D eigenvalue weighted by atomic mass is 10.2. The Kier molecular flexibility index (Phi) is 3.58. The molecule has 0 aliphatic carbocycles. The molecule has 0 aliphatic rings. The molecule has 118 valence electrons. The van der Waals surface area contributed by atoms with Crippen molar-refractivity contribution in [2.75, 3.05) is 5.43 Å². The number of nitrogens with one attached hydrogen (secondary N) is 2. The summed E-state index contributed by atoms with van der Waals surface area (Å²) >= 11 is 3.34. The average Bonchev–Trinajstić information content (AvgIpc) is 2.96. The second kappa shape index (κ2) is 5.89. The lowest BCUT2D eigenvalue weighted by Crippen LogP contribution is -1.99. The molecule has 0 saturated heterocycles. The van der Waals surface area contributed by atoms with Crippen LogP contribution in [-0.2, 0) is 0 Å². The summed E-state index contributed by atoms with van der Waals surface area (Å²) in [5, 5.41) is 23.0. The van der Waals surface area contributed by atoms with Crippen molar-refractivity contribution in [2.24, 2.45) is 5.10 Å². The van der Waals surface area contributed by atoms with Gasteiger partial charge in [-0.05, 0) is 24.3 Å². The van der Waals surface area contributed by atoms with Gasteiger partial charge < -0.3 is 10.1 Å². The van der Waals surface area contributed by atoms with E-state index in [1.807, 2.05) is 24.3 Å². The van der Waals surface area contributed by atoms with Crippen LogP contribution in [0.5, 0.6) is 5.75 Å². The molecule has 0 bridgehead atoms. The molecule has 2 aromatic heterocycles. The fourth-order valence-corrected chi connectivity index (χ4v) is 2.74. The van der Waals surface area contributed by atoms with Crippen LogP contribution in [0.1, 0.15) is 5.56 Å². The van der Waals surface area contributed by atoms with Crippen molar-refractivity contribution in [2.45, 2.75) is 0 Å². The summed E-state index contributed by atoms with van der Waals surface area (Å²) in [6.45, 7) is 0. The number of phenols is 1. The summed E-state index contributed by atoms with van der Waals surface area (Å²) in [6.07, 6.45) is 1.48. The van der Waals surface area contributed by atoms with Crippen molar-refractivity contribution in [1.29, 1.82) is 0 Å². The molecule has 3 N–H and O–H groups in total. The van der Waals surface area contributed by atoms with E-state index in [4.69, 9.17) is 0 Å². The average molecular weight is 383 g/mol. The molecule has 4 aromatic rings. The molecule has 0 amide bonds. The number of hydrazone groups is 1. The van der Waals surface area contributed by atoms with Gasteiger partial charge in [-0.3, -0.25) is 0 Å². The number of hydrogen-bond donors (Lipinski definition) is 3. The highest BCUT2D eigenvalue weighted by atomic mass is 79.9. The minimum atomic E-state index is 0.133. The molecule has 7 nitrogen and oxygen atoms in total. The molecule has 24 heavy (non-hydrogen) atoms. The Morgan fingerprint density at radius 2 is 2.04 bits per heavy atom. The minimum Gasteiger partial charge on any atom is -0.507 e. The van der Waals surface area contributed by atoms with Gasteiger partial charge >= 0.3 is 0 Å². The molecule has 0 saturated carbocycles. The van der Waals surface area contributed by atoms with Crippen LogP contribution in [0.15, 0.2) is 52.0 Å². The maximum Gasteiger partial charge on any atom is 0.265 e. The number of aromatic nitrogens is 4. The van der Waals surface area contributed by atoms with Crippen LogP contribution in [0.25, 0.3) is 22.1 Å². The van der Waals surface area contributed by atoms with Gasteiger partial charge in [0.1, 0.15) is 11.3 Å². The lowest BCUT2D eigenvalue weighted by molar-refractivity contribution is 0.474. The third-order valence-corrected chi connectivity index (χ3v) is 3.97. The SMILES string of the molecule is Oc1ccc(Br)cc1/C=N\Nc1nnc2c(n1)[nH]c1ccccc12. The van der Waals surface area contributed by atoms with E-state index in [9.17, 15) is 5.11 Å². The quantitative estimate of drug-likeness (QED) is 0.372. The number of nitrogens with zero attached hydrogens (tertiary/aromatic N) is 4. The summed E-state index contributed by atoms with van der Waals surface area (Å²) in [7, 11) is 0. The first kappa shape index (κ1) is 14.6. The van der Waals surface area contributed by atoms with Crippen LogP contribution < -0.4 is 5.43 Å². The van der Waals surface area contributed by atoms with E-state index in [0.29, 0.717) is 16.7 Å². The van der Waals surface area contributed by atoms with E-state index < -0.39 is 0 Å². The molecule has 0 atom stereocenters. The fourth-order valence-electron chi connectivity index (χ4n) is 2.36. The summed E-state index contributed by atoms with van der Waals surface area (Å²) in [6, 6.07) is 12.9. The second-order valence-corrected chi connectivity index (χ2v) is 5.99. The number of benzene rings is 2. The van der Waals surface area contributed by atoms with Crippen LogP contribution in [0.3, 0.4) is 0 Å². The van der Waals surface area contributed by atoms with Crippen LogP contribution in [0, 0.1) is 0 Å². The van der Waals surface area contributed by atoms with E-state index in [2.05, 4.69) is 46.6 Å². The molecule has 2 aromatic carbocycles. The van der Waals surface area contributed by atoms with Crippen LogP contribution in [-0.4, -0.2) is 31.5 Å². The molecular formula is C16H11BrN6O. The Bertz CT molecular complexity index is 1070. The van der Waals surface area contributed by atoms with Crippen molar-refractivity contribution in [3.05, 3.63) is 52.5 Å². The zero-order valence-corrected chi connectivity index (χ0v) is 13.8. The van der Waals surface area contributed by atoms with Gasteiger partial charge in [-0.25, -0.2) is 5.43 Å². The zero-order chi connectivity index (χ0) is 16.5. The second-order valence-electron chi connectivity index (χ2n) is 5.08. The Morgan fingerprint density at radius 1 is 1.17 bits per heavy atom. The molecule has 0 radical (unpaired) electrons. The number of H-pyrrole nitrogens is 1. The Balaban J connectivity index is 1.61. The van der Waals surface area contributed by atoms with Gasteiger partial charge in [0.05, 0.1) is 6.21 Å². The van der Waals surface area contributed by atoms with Crippen LogP contribution in [0.2, 0.25) is 0 Å². The zero-order valence-electron chi connectivity index (χ0n) is 12.2. The van der Waals surface area contributed by atoms with Gasteiger partial charge in [-0.2, -0.15) is 10.1 Å². The first-order valence-electron chi connectivity index (χ1n) is 7.09. The molecule has 0 fully saturated rings. The Labute approximate surface area is 144 Å². The number of hydrogen-bond acceptors (Lipinski definition) is 6. The molecule has 4 rings (SSSR count). The number of aromatic hydroxyl groups is 1. The van der Waals surface area contributed by atoms with Gasteiger partial charge in [-0.15, -0.1) is 10.2 Å². The molecular weight excluding hydrogens is 372 g/mol. The highest BCUT2D eigenvalue weighted by Gasteiger charge is 2.08. The normalized spacial score (nSPS) is 11.5. The number of phenolic OH excluding ortho intramolecular Hbond substituents is 1. The predicted octanol–water partition coefficient (Wildman–Crippen LogP) is 3.42. The molecule has 0 aliphatic heterocycles. The van der Waals surface area contributed by atoms with E-state index in [1.165, 1.54) is 6.21 Å². The van der Waals surface area contributed by atoms with Crippen molar-refractivity contribution in [3.8, 4) is 5.75 Å². The van der Waals surface area contributed by atoms with Crippen molar-refractivity contribution in [3.63, 3.8) is 0 Å². The summed E-state index contributed by atoms with van der Waals surface area (Å²) in [5.41, 5.74) is 5.58. The Hall–Kier alpha value is -3.00. The predicted molar refractivity (Wildman–Crippen MR) is 96.2 cm³/mol. The lowest BCUT2D eigenvalue weighted by Gasteiger charge is -2.00. The minimum absolute atomic E-state index is 0.133. The van der Waals surface area contributed by atoms with Crippen molar-refractivity contribution in [1.82, 2.24) is 20.2 Å². The molecule has 8 heteroatoms. The van der Waals surface area contributed by atoms with Gasteiger partial charge in [0.15, 0.2) is 5.65 Å². The number of para-hydroxylation sites is 1. The highest BCUT2D eigenvalue weighted by Crippen LogP contribution is 2.22. The summed E-state index contributed by atoms with van der Waals surface area (Å²) < 4.78 is 0.846. The first-order valence-corrected chi connectivity index (χ1v) is 7.89. The van der Waals surface area contributed by atoms with Gasteiger partial charge in [0.2, 0.25) is 0 Å². The van der Waals surface area contributed by atoms with Crippen LogP contribution in [0.4, 0.5) is 5.95 Å². The number of anilines is 1. The largest absolute Gasteiger partial charge is 0.507 e. The molecule has 2 heterocycles. The van der Waals surface area contributed by atoms with Crippen LogP contribution >= 0.6 is 15.9 Å². The maximum absolute atomic E-state index is 9.77. The maximum atomic E-state index is 9.77.